The second-order valence-electron chi connectivity index (χ2n) is 8.00. The van der Waals surface area contributed by atoms with Gasteiger partial charge in [-0.25, -0.2) is 0 Å². The van der Waals surface area contributed by atoms with Gasteiger partial charge >= 0.3 is 12.7 Å². The minimum Gasteiger partial charge on any atom is -0.435 e. The molecule has 2 aromatic rings. The molecular weight excluding hydrogens is 396 g/mol. The Bertz CT molecular complexity index is 767. The summed E-state index contributed by atoms with van der Waals surface area (Å²) in [5.74, 6) is 1.35. The molecule has 0 aromatic heterocycles. The van der Waals surface area contributed by atoms with Crippen molar-refractivity contribution >= 4 is 0 Å². The highest BCUT2D eigenvalue weighted by Gasteiger charge is 2.34. The lowest BCUT2D eigenvalue weighted by atomic mass is 9.78. The minimum absolute atomic E-state index is 0.117. The van der Waals surface area contributed by atoms with Crippen molar-refractivity contribution in [2.45, 2.75) is 64.6 Å². The van der Waals surface area contributed by atoms with Gasteiger partial charge in [0.2, 0.25) is 0 Å². The normalized spacial score (nSPS) is 19.7. The maximum atomic E-state index is 14.5. The number of ether oxygens (including phenoxy) is 2. The van der Waals surface area contributed by atoms with Crippen LogP contribution >= 0.6 is 0 Å². The molecule has 0 N–H and O–H groups in total. The first-order valence-electron chi connectivity index (χ1n) is 10.6. The van der Waals surface area contributed by atoms with Gasteiger partial charge < -0.3 is 9.47 Å². The first-order valence-corrected chi connectivity index (χ1v) is 10.6. The third kappa shape index (κ3) is 6.38. The van der Waals surface area contributed by atoms with Crippen LogP contribution in [0.15, 0.2) is 48.5 Å². The van der Waals surface area contributed by atoms with Crippen LogP contribution in [0.4, 0.5) is 17.6 Å². The summed E-state index contributed by atoms with van der Waals surface area (Å²) < 4.78 is 62.2. The lowest BCUT2D eigenvalue weighted by molar-refractivity contribution is -0.185. The Hall–Kier alpha value is -2.24. The number of aryl methyl sites for hydroxylation is 1. The molecule has 0 bridgehead atoms. The van der Waals surface area contributed by atoms with E-state index < -0.39 is 12.7 Å². The van der Waals surface area contributed by atoms with E-state index in [2.05, 4.69) is 11.7 Å². The molecule has 0 radical (unpaired) electrons. The molecule has 1 aliphatic rings. The highest BCUT2D eigenvalue weighted by Crippen LogP contribution is 2.34. The topological polar surface area (TPSA) is 18.5 Å². The molecule has 2 nitrogen and oxygen atoms in total. The van der Waals surface area contributed by atoms with Crippen molar-refractivity contribution in [2.24, 2.45) is 11.8 Å². The van der Waals surface area contributed by atoms with Crippen LogP contribution in [0, 0.1) is 11.8 Å². The van der Waals surface area contributed by atoms with Crippen molar-refractivity contribution in [1.82, 2.24) is 0 Å². The van der Waals surface area contributed by atoms with Gasteiger partial charge in [0.25, 0.3) is 0 Å². The molecule has 30 heavy (non-hydrogen) atoms. The maximum Gasteiger partial charge on any atom is 0.426 e. The fourth-order valence-corrected chi connectivity index (χ4v) is 4.06. The molecule has 2 aromatic carbocycles. The van der Waals surface area contributed by atoms with Gasteiger partial charge in [-0.2, -0.15) is 17.6 Å². The van der Waals surface area contributed by atoms with E-state index in [4.69, 9.17) is 4.74 Å². The Balaban J connectivity index is 1.52. The summed E-state index contributed by atoms with van der Waals surface area (Å²) in [6.45, 7) is -0.716. The van der Waals surface area contributed by atoms with Crippen molar-refractivity contribution in [1.29, 1.82) is 0 Å². The SMILES string of the molecule is CCC1CCC(CCc2ccc(C(F)(F)Oc3ccc(OC(F)F)cc3)cc2)CC1. The molecule has 0 heterocycles. The quantitative estimate of drug-likeness (QED) is 0.387. The highest BCUT2D eigenvalue weighted by molar-refractivity contribution is 5.32. The lowest BCUT2D eigenvalue weighted by Gasteiger charge is -2.27. The van der Waals surface area contributed by atoms with Crippen LogP contribution < -0.4 is 9.47 Å². The van der Waals surface area contributed by atoms with Crippen LogP contribution in [0.25, 0.3) is 0 Å². The van der Waals surface area contributed by atoms with Gasteiger partial charge in [-0.1, -0.05) is 51.2 Å². The average molecular weight is 424 g/mol. The molecule has 1 saturated carbocycles. The van der Waals surface area contributed by atoms with Gasteiger partial charge in [-0.3, -0.25) is 0 Å². The summed E-state index contributed by atoms with van der Waals surface area (Å²) >= 11 is 0. The smallest absolute Gasteiger partial charge is 0.426 e. The van der Waals surface area contributed by atoms with Gasteiger partial charge in [-0.05, 0) is 66.6 Å². The van der Waals surface area contributed by atoms with E-state index in [1.807, 2.05) is 0 Å². The predicted molar refractivity (Wildman–Crippen MR) is 108 cm³/mol. The van der Waals surface area contributed by atoms with Gasteiger partial charge in [0, 0.05) is 0 Å². The molecule has 1 fully saturated rings. The summed E-state index contributed by atoms with van der Waals surface area (Å²) in [6.07, 6.45) is 4.86. The van der Waals surface area contributed by atoms with Gasteiger partial charge in [0.15, 0.2) is 0 Å². The second kappa shape index (κ2) is 10.2. The molecule has 1 aliphatic carbocycles. The second-order valence-corrected chi connectivity index (χ2v) is 8.00. The summed E-state index contributed by atoms with van der Waals surface area (Å²) in [6, 6.07) is 10.9. The van der Waals surface area contributed by atoms with Gasteiger partial charge in [-0.15, -0.1) is 0 Å². The predicted octanol–water partition coefficient (Wildman–Crippen LogP) is 7.57. The van der Waals surface area contributed by atoms with E-state index in [1.54, 1.807) is 12.1 Å². The minimum atomic E-state index is -3.53. The number of hydrogen-bond donors (Lipinski definition) is 0. The Kier molecular flexibility index (Phi) is 7.62. The summed E-state index contributed by atoms with van der Waals surface area (Å²) in [5, 5.41) is 0. The molecule has 0 aliphatic heterocycles. The summed E-state index contributed by atoms with van der Waals surface area (Å²) in [5.41, 5.74) is 0.795. The van der Waals surface area contributed by atoms with E-state index >= 15 is 0 Å². The first-order chi connectivity index (χ1) is 14.4. The van der Waals surface area contributed by atoms with E-state index in [-0.39, 0.29) is 17.1 Å². The average Bonchev–Trinajstić information content (AvgIpc) is 2.74. The van der Waals surface area contributed by atoms with Crippen LogP contribution in [0.3, 0.4) is 0 Å². The Labute approximate surface area is 175 Å². The zero-order valence-corrected chi connectivity index (χ0v) is 17.1. The summed E-state index contributed by atoms with van der Waals surface area (Å²) in [7, 11) is 0. The molecule has 0 amide bonds. The number of alkyl halides is 4. The van der Waals surface area contributed by atoms with E-state index in [9.17, 15) is 17.6 Å². The van der Waals surface area contributed by atoms with Crippen molar-refractivity contribution < 1.29 is 27.0 Å². The first kappa shape index (κ1) is 22.4. The third-order valence-electron chi connectivity index (χ3n) is 5.97. The molecule has 0 atom stereocenters. The molecule has 3 rings (SSSR count). The van der Waals surface area contributed by atoms with E-state index in [0.29, 0.717) is 0 Å². The van der Waals surface area contributed by atoms with Gasteiger partial charge in [0.1, 0.15) is 11.5 Å². The molecule has 0 unspecified atom stereocenters. The fraction of sp³-hybridized carbons (Fsp3) is 0.500. The van der Waals surface area contributed by atoms with Crippen LogP contribution in [0.1, 0.15) is 56.6 Å². The van der Waals surface area contributed by atoms with Crippen molar-refractivity contribution in [2.75, 3.05) is 0 Å². The molecule has 0 saturated heterocycles. The Morgan fingerprint density at radius 2 is 1.43 bits per heavy atom. The van der Waals surface area contributed by atoms with E-state index in [0.717, 1.165) is 42.4 Å². The Morgan fingerprint density at radius 1 is 0.867 bits per heavy atom. The highest BCUT2D eigenvalue weighted by atomic mass is 19.3. The van der Waals surface area contributed by atoms with Crippen molar-refractivity contribution in [3.8, 4) is 11.5 Å². The van der Waals surface area contributed by atoms with Gasteiger partial charge in [0.05, 0.1) is 5.56 Å². The number of hydrogen-bond acceptors (Lipinski definition) is 2. The lowest BCUT2D eigenvalue weighted by Crippen LogP contribution is -2.21. The van der Waals surface area contributed by atoms with Crippen molar-refractivity contribution in [3.63, 3.8) is 0 Å². The summed E-state index contributed by atoms with van der Waals surface area (Å²) in [4.78, 5) is 0. The molecule has 164 valence electrons. The third-order valence-corrected chi connectivity index (χ3v) is 5.97. The van der Waals surface area contributed by atoms with Crippen molar-refractivity contribution in [3.05, 3.63) is 59.7 Å². The zero-order chi connectivity index (χ0) is 21.6. The van der Waals surface area contributed by atoms with Crippen LogP contribution in [0.5, 0.6) is 11.5 Å². The Morgan fingerprint density at radius 3 is 2.00 bits per heavy atom. The monoisotopic (exact) mass is 424 g/mol. The number of benzene rings is 2. The van der Waals surface area contributed by atoms with Crippen LogP contribution in [-0.2, 0) is 12.5 Å². The molecule has 0 spiro atoms. The molecule has 6 heteroatoms. The van der Waals surface area contributed by atoms with E-state index in [1.165, 1.54) is 56.4 Å². The zero-order valence-electron chi connectivity index (χ0n) is 17.1. The molecular formula is C24H28F4O2. The standard InChI is InChI=1S/C24H28F4O2/c1-2-17-3-5-18(6-4-17)7-8-19-9-11-20(12-10-19)24(27,28)30-22-15-13-21(14-16-22)29-23(25)26/h9-18,23H,2-8H2,1H3. The fourth-order valence-electron chi connectivity index (χ4n) is 4.06. The largest absolute Gasteiger partial charge is 0.435 e. The van der Waals surface area contributed by atoms with Crippen LogP contribution in [0.2, 0.25) is 0 Å². The van der Waals surface area contributed by atoms with Crippen LogP contribution in [-0.4, -0.2) is 6.61 Å². The number of rotatable bonds is 9. The maximum absolute atomic E-state index is 14.5. The number of halogens is 4.